The van der Waals surface area contributed by atoms with Crippen molar-refractivity contribution in [1.82, 2.24) is 10.6 Å². The van der Waals surface area contributed by atoms with Gasteiger partial charge in [0.05, 0.1) is 7.11 Å². The maximum Gasteiger partial charge on any atom is 0.224 e. The van der Waals surface area contributed by atoms with Gasteiger partial charge in [0, 0.05) is 35.3 Å². The van der Waals surface area contributed by atoms with Gasteiger partial charge in [-0.25, -0.2) is 0 Å². The van der Waals surface area contributed by atoms with Crippen LogP contribution in [-0.2, 0) is 11.3 Å². The number of aromatic hydroxyl groups is 1. The third-order valence-corrected chi connectivity index (χ3v) is 4.35. The Morgan fingerprint density at radius 1 is 1.32 bits per heavy atom. The maximum absolute atomic E-state index is 11.8. The second kappa shape index (κ2) is 8.10. The van der Waals surface area contributed by atoms with E-state index in [1.807, 2.05) is 25.1 Å². The summed E-state index contributed by atoms with van der Waals surface area (Å²) in [7, 11) is 1.61. The third-order valence-electron chi connectivity index (χ3n) is 4.35. The molecule has 1 aliphatic carbocycles. The average Bonchev–Trinajstić information content (AvgIpc) is 2.55. The van der Waals surface area contributed by atoms with Crippen LogP contribution < -0.4 is 15.4 Å². The zero-order valence-corrected chi connectivity index (χ0v) is 15.5. The lowest BCUT2D eigenvalue weighted by atomic mass is 9.80. The number of nitrogens with one attached hydrogen (secondary N) is 2. The first-order valence-electron chi connectivity index (χ1n) is 8.66. The number of benzene rings is 1. The van der Waals surface area contributed by atoms with E-state index in [0.29, 0.717) is 18.7 Å². The molecule has 3 N–H and O–H groups in total. The molecule has 0 spiro atoms. The summed E-state index contributed by atoms with van der Waals surface area (Å²) in [6, 6.07) is 5.19. The van der Waals surface area contributed by atoms with Gasteiger partial charge in [0.15, 0.2) is 0 Å². The smallest absolute Gasteiger partial charge is 0.224 e. The minimum atomic E-state index is -0.127. The van der Waals surface area contributed by atoms with Crippen LogP contribution in [0.5, 0.6) is 11.5 Å². The number of hydrogen-bond donors (Lipinski definition) is 3. The molecule has 5 heteroatoms. The number of rotatable bonds is 7. The van der Waals surface area contributed by atoms with E-state index in [4.69, 9.17) is 4.74 Å². The van der Waals surface area contributed by atoms with Crippen LogP contribution >= 0.6 is 0 Å². The van der Waals surface area contributed by atoms with E-state index in [1.165, 1.54) is 0 Å². The SMILES string of the molecule is CCCC(=O)NC1=CC=C(NCc2cc(OC)ccc2O)C(C)(C)C1. The van der Waals surface area contributed by atoms with E-state index in [2.05, 4.69) is 24.5 Å². The molecule has 1 aromatic rings. The second-order valence-electron chi connectivity index (χ2n) is 6.98. The quantitative estimate of drug-likeness (QED) is 0.707. The molecule has 0 atom stereocenters. The van der Waals surface area contributed by atoms with Gasteiger partial charge in [0.1, 0.15) is 11.5 Å². The van der Waals surface area contributed by atoms with Crippen LogP contribution in [0.1, 0.15) is 45.6 Å². The van der Waals surface area contributed by atoms with Crippen LogP contribution in [0.2, 0.25) is 0 Å². The topological polar surface area (TPSA) is 70.6 Å². The molecule has 0 saturated carbocycles. The molecule has 0 heterocycles. The Balaban J connectivity index is 2.07. The van der Waals surface area contributed by atoms with Crippen LogP contribution in [0.3, 0.4) is 0 Å². The summed E-state index contributed by atoms with van der Waals surface area (Å²) in [5.41, 5.74) is 2.67. The van der Waals surface area contributed by atoms with E-state index in [0.717, 1.165) is 29.8 Å². The van der Waals surface area contributed by atoms with Gasteiger partial charge in [0.2, 0.25) is 5.91 Å². The maximum atomic E-state index is 11.8. The number of hydrogen-bond acceptors (Lipinski definition) is 4. The molecule has 1 aliphatic rings. The second-order valence-corrected chi connectivity index (χ2v) is 6.98. The van der Waals surface area contributed by atoms with Gasteiger partial charge in [-0.15, -0.1) is 0 Å². The summed E-state index contributed by atoms with van der Waals surface area (Å²) >= 11 is 0. The molecule has 0 saturated heterocycles. The van der Waals surface area contributed by atoms with Crippen molar-refractivity contribution in [3.05, 3.63) is 47.3 Å². The number of methoxy groups -OCH3 is 1. The normalized spacial score (nSPS) is 15.8. The molecule has 0 unspecified atom stereocenters. The number of carbonyl (C=O) groups excluding carboxylic acids is 1. The first-order valence-corrected chi connectivity index (χ1v) is 8.66. The Bertz CT molecular complexity index is 690. The number of amides is 1. The Morgan fingerprint density at radius 2 is 2.08 bits per heavy atom. The third kappa shape index (κ3) is 5.02. The molecule has 2 rings (SSSR count). The number of ether oxygens (including phenoxy) is 1. The van der Waals surface area contributed by atoms with Crippen LogP contribution in [0.15, 0.2) is 41.7 Å². The molecule has 5 nitrogen and oxygen atoms in total. The Hall–Kier alpha value is -2.43. The lowest BCUT2D eigenvalue weighted by Gasteiger charge is -2.33. The minimum absolute atomic E-state index is 0.0654. The predicted octanol–water partition coefficient (Wildman–Crippen LogP) is 3.60. The summed E-state index contributed by atoms with van der Waals surface area (Å²) in [4.78, 5) is 11.8. The molecule has 1 aromatic carbocycles. The fourth-order valence-electron chi connectivity index (χ4n) is 2.91. The van der Waals surface area contributed by atoms with Crippen molar-refractivity contribution in [1.29, 1.82) is 0 Å². The van der Waals surface area contributed by atoms with E-state index in [1.54, 1.807) is 19.2 Å². The monoisotopic (exact) mass is 344 g/mol. The summed E-state index contributed by atoms with van der Waals surface area (Å²) in [6.45, 7) is 6.77. The fraction of sp³-hybridized carbons (Fsp3) is 0.450. The van der Waals surface area contributed by atoms with E-state index in [9.17, 15) is 9.90 Å². The Labute approximate surface area is 149 Å². The summed E-state index contributed by atoms with van der Waals surface area (Å²) < 4.78 is 5.21. The number of phenols is 1. The number of phenolic OH excluding ortho intramolecular Hbond substituents is 1. The molecule has 1 amide bonds. The molecular weight excluding hydrogens is 316 g/mol. The van der Waals surface area contributed by atoms with Crippen molar-refractivity contribution in [2.24, 2.45) is 5.41 Å². The van der Waals surface area contributed by atoms with Gasteiger partial charge in [-0.05, 0) is 43.2 Å². The van der Waals surface area contributed by atoms with E-state index >= 15 is 0 Å². The largest absolute Gasteiger partial charge is 0.508 e. The molecule has 0 radical (unpaired) electrons. The Kier molecular flexibility index (Phi) is 6.12. The van der Waals surface area contributed by atoms with Crippen molar-refractivity contribution in [2.45, 2.75) is 46.6 Å². The summed E-state index contributed by atoms with van der Waals surface area (Å²) in [6.07, 6.45) is 6.09. The highest BCUT2D eigenvalue weighted by Crippen LogP contribution is 2.35. The molecular formula is C20H28N2O3. The van der Waals surface area contributed by atoms with Crippen LogP contribution in [-0.4, -0.2) is 18.1 Å². The highest BCUT2D eigenvalue weighted by molar-refractivity contribution is 5.77. The molecule has 136 valence electrons. The molecule has 0 aliphatic heterocycles. The van der Waals surface area contributed by atoms with Gasteiger partial charge < -0.3 is 20.5 Å². The Morgan fingerprint density at radius 3 is 2.72 bits per heavy atom. The van der Waals surface area contributed by atoms with Crippen molar-refractivity contribution >= 4 is 5.91 Å². The lowest BCUT2D eigenvalue weighted by Crippen LogP contribution is -2.33. The molecule has 0 fully saturated rings. The van der Waals surface area contributed by atoms with Crippen molar-refractivity contribution in [2.75, 3.05) is 7.11 Å². The zero-order chi connectivity index (χ0) is 18.4. The fourth-order valence-corrected chi connectivity index (χ4v) is 2.91. The van der Waals surface area contributed by atoms with Gasteiger partial charge in [-0.2, -0.15) is 0 Å². The average molecular weight is 344 g/mol. The lowest BCUT2D eigenvalue weighted by molar-refractivity contribution is -0.120. The van der Waals surface area contributed by atoms with Gasteiger partial charge in [0.25, 0.3) is 0 Å². The van der Waals surface area contributed by atoms with Crippen molar-refractivity contribution < 1.29 is 14.6 Å². The van der Waals surface area contributed by atoms with Gasteiger partial charge in [-0.3, -0.25) is 4.79 Å². The molecule has 0 bridgehead atoms. The first kappa shape index (κ1) is 18.9. The van der Waals surface area contributed by atoms with E-state index in [-0.39, 0.29) is 17.1 Å². The number of carbonyl (C=O) groups is 1. The van der Waals surface area contributed by atoms with Crippen LogP contribution in [0, 0.1) is 5.41 Å². The number of allylic oxidation sites excluding steroid dienone is 4. The first-order chi connectivity index (χ1) is 11.9. The van der Waals surface area contributed by atoms with Crippen LogP contribution in [0.4, 0.5) is 0 Å². The standard InChI is InChI=1S/C20H28N2O3/c1-5-6-19(24)22-15-7-10-18(20(2,3)12-15)21-13-14-11-16(25-4)8-9-17(14)23/h7-11,21,23H,5-6,12-13H2,1-4H3,(H,22,24). The van der Waals surface area contributed by atoms with Crippen molar-refractivity contribution in [3.8, 4) is 11.5 Å². The highest BCUT2D eigenvalue weighted by Gasteiger charge is 2.28. The van der Waals surface area contributed by atoms with Gasteiger partial charge >= 0.3 is 0 Å². The predicted molar refractivity (Wildman–Crippen MR) is 99.1 cm³/mol. The molecule has 0 aromatic heterocycles. The van der Waals surface area contributed by atoms with Crippen LogP contribution in [0.25, 0.3) is 0 Å². The highest BCUT2D eigenvalue weighted by atomic mass is 16.5. The molecule has 25 heavy (non-hydrogen) atoms. The minimum Gasteiger partial charge on any atom is -0.508 e. The zero-order valence-electron chi connectivity index (χ0n) is 15.5. The van der Waals surface area contributed by atoms with E-state index < -0.39 is 0 Å². The van der Waals surface area contributed by atoms with Crippen molar-refractivity contribution in [3.63, 3.8) is 0 Å². The summed E-state index contributed by atoms with van der Waals surface area (Å²) in [5.74, 6) is 1.02. The van der Waals surface area contributed by atoms with Gasteiger partial charge in [-0.1, -0.05) is 20.8 Å². The summed E-state index contributed by atoms with van der Waals surface area (Å²) in [5, 5.41) is 16.4.